The number of nitrogens with zero attached hydrogens (tertiary/aromatic N) is 1. The van der Waals surface area contributed by atoms with Crippen LogP contribution in [0.2, 0.25) is 10.0 Å². The van der Waals surface area contributed by atoms with Crippen LogP contribution in [0.5, 0.6) is 5.75 Å². The zero-order valence-electron chi connectivity index (χ0n) is 13.0. The summed E-state index contributed by atoms with van der Waals surface area (Å²) in [5.74, 6) is -0.121. The van der Waals surface area contributed by atoms with Gasteiger partial charge in [-0.3, -0.25) is 4.79 Å². The number of anilines is 3. The first-order chi connectivity index (χ1) is 10.8. The number of benzene rings is 2. The zero-order valence-corrected chi connectivity index (χ0v) is 14.5. The zero-order chi connectivity index (χ0) is 17.1. The number of methoxy groups -OCH3 is 1. The minimum absolute atomic E-state index is 0.247. The topological polar surface area (TPSA) is 67.6 Å². The van der Waals surface area contributed by atoms with E-state index < -0.39 is 0 Å². The summed E-state index contributed by atoms with van der Waals surface area (Å²) in [4.78, 5) is 14.5. The van der Waals surface area contributed by atoms with Gasteiger partial charge in [0, 0.05) is 24.8 Å². The van der Waals surface area contributed by atoms with Crippen LogP contribution in [0, 0.1) is 0 Å². The molecule has 0 fully saturated rings. The third kappa shape index (κ3) is 3.81. The summed E-state index contributed by atoms with van der Waals surface area (Å²) in [5.41, 5.74) is 8.00. The average molecular weight is 354 g/mol. The molecule has 0 aliphatic heterocycles. The van der Waals surface area contributed by atoms with E-state index in [1.807, 2.05) is 25.1 Å². The minimum Gasteiger partial charge on any atom is -0.494 e. The van der Waals surface area contributed by atoms with Crippen molar-refractivity contribution in [1.29, 1.82) is 0 Å². The van der Waals surface area contributed by atoms with Crippen molar-refractivity contribution in [3.8, 4) is 5.75 Å². The summed E-state index contributed by atoms with van der Waals surface area (Å²) in [6.45, 7) is 0. The Hall–Kier alpha value is -2.11. The van der Waals surface area contributed by atoms with Gasteiger partial charge in [0.05, 0.1) is 29.1 Å². The average Bonchev–Trinajstić information content (AvgIpc) is 2.46. The number of carbonyl (C=O) groups is 1. The van der Waals surface area contributed by atoms with Gasteiger partial charge >= 0.3 is 0 Å². The van der Waals surface area contributed by atoms with E-state index in [1.165, 1.54) is 19.2 Å². The van der Waals surface area contributed by atoms with Gasteiger partial charge in [0.1, 0.15) is 5.75 Å². The van der Waals surface area contributed by atoms with Crippen molar-refractivity contribution >= 4 is 46.2 Å². The lowest BCUT2D eigenvalue weighted by atomic mass is 10.1. The van der Waals surface area contributed by atoms with Crippen LogP contribution in [-0.2, 0) is 0 Å². The number of nitrogen functional groups attached to an aromatic ring is 1. The smallest absolute Gasteiger partial charge is 0.259 e. The Morgan fingerprint density at radius 2 is 1.91 bits per heavy atom. The van der Waals surface area contributed by atoms with Gasteiger partial charge in [-0.05, 0) is 30.3 Å². The number of ether oxygens (including phenoxy) is 1. The highest BCUT2D eigenvalue weighted by Crippen LogP contribution is 2.34. The molecule has 0 aliphatic carbocycles. The van der Waals surface area contributed by atoms with Crippen LogP contribution in [0.3, 0.4) is 0 Å². The van der Waals surface area contributed by atoms with E-state index in [0.29, 0.717) is 16.4 Å². The molecule has 0 aromatic heterocycles. The third-order valence-corrected chi connectivity index (χ3v) is 3.71. The maximum Gasteiger partial charge on any atom is 0.259 e. The molecule has 0 heterocycles. The molecule has 23 heavy (non-hydrogen) atoms. The molecule has 0 unspecified atom stereocenters. The van der Waals surface area contributed by atoms with Gasteiger partial charge in [0.25, 0.3) is 5.91 Å². The molecule has 122 valence electrons. The van der Waals surface area contributed by atoms with E-state index in [4.69, 9.17) is 33.7 Å². The lowest BCUT2D eigenvalue weighted by Gasteiger charge is -2.19. The van der Waals surface area contributed by atoms with Crippen molar-refractivity contribution in [3.05, 3.63) is 45.9 Å². The molecule has 3 N–H and O–H groups in total. The summed E-state index contributed by atoms with van der Waals surface area (Å²) in [6.07, 6.45) is 0. The largest absolute Gasteiger partial charge is 0.494 e. The van der Waals surface area contributed by atoms with E-state index in [0.717, 1.165) is 5.69 Å². The lowest BCUT2D eigenvalue weighted by molar-refractivity contribution is 0.102. The number of carbonyl (C=O) groups excluding carboxylic acids is 1. The molecule has 1 amide bonds. The van der Waals surface area contributed by atoms with E-state index in [-0.39, 0.29) is 22.2 Å². The second-order valence-electron chi connectivity index (χ2n) is 5.09. The van der Waals surface area contributed by atoms with Crippen molar-refractivity contribution in [1.82, 2.24) is 0 Å². The molecule has 0 bridgehead atoms. The molecule has 0 radical (unpaired) electrons. The molecule has 0 saturated heterocycles. The SMILES string of the molecule is COc1c(Cl)cc(Cl)cc1C(=O)Nc1cc(N)ccc1N(C)C. The van der Waals surface area contributed by atoms with Crippen LogP contribution in [0.15, 0.2) is 30.3 Å². The number of hydrogen-bond donors (Lipinski definition) is 2. The molecular weight excluding hydrogens is 337 g/mol. The van der Waals surface area contributed by atoms with Crippen molar-refractivity contribution in [2.24, 2.45) is 0 Å². The molecule has 2 aromatic carbocycles. The standard InChI is InChI=1S/C16H17Cl2N3O2/c1-21(2)14-5-4-10(19)8-13(14)20-16(22)11-6-9(17)7-12(18)15(11)23-3/h4-8H,19H2,1-3H3,(H,20,22). The number of nitrogens with one attached hydrogen (secondary N) is 1. The fraction of sp³-hybridized carbons (Fsp3) is 0.188. The van der Waals surface area contributed by atoms with Crippen LogP contribution in [0.1, 0.15) is 10.4 Å². The molecule has 2 rings (SSSR count). The minimum atomic E-state index is -0.389. The van der Waals surface area contributed by atoms with Gasteiger partial charge in [0.2, 0.25) is 0 Å². The molecule has 0 aliphatic rings. The molecule has 0 spiro atoms. The van der Waals surface area contributed by atoms with Gasteiger partial charge < -0.3 is 20.7 Å². The van der Waals surface area contributed by atoms with Crippen LogP contribution in [0.4, 0.5) is 17.1 Å². The highest BCUT2D eigenvalue weighted by Gasteiger charge is 2.18. The first-order valence-electron chi connectivity index (χ1n) is 6.74. The highest BCUT2D eigenvalue weighted by atomic mass is 35.5. The van der Waals surface area contributed by atoms with Crippen molar-refractivity contribution in [2.75, 3.05) is 37.2 Å². The number of amides is 1. The summed E-state index contributed by atoms with van der Waals surface area (Å²) in [5, 5.41) is 3.44. The maximum absolute atomic E-state index is 12.6. The van der Waals surface area contributed by atoms with Gasteiger partial charge in [-0.1, -0.05) is 23.2 Å². The van der Waals surface area contributed by atoms with E-state index in [2.05, 4.69) is 5.32 Å². The number of hydrogen-bond acceptors (Lipinski definition) is 4. The maximum atomic E-state index is 12.6. The molecule has 0 atom stereocenters. The molecular formula is C16H17Cl2N3O2. The first-order valence-corrected chi connectivity index (χ1v) is 7.50. The third-order valence-electron chi connectivity index (χ3n) is 3.21. The Morgan fingerprint density at radius 1 is 1.22 bits per heavy atom. The van der Waals surface area contributed by atoms with Crippen LogP contribution >= 0.6 is 23.2 Å². The first kappa shape index (κ1) is 17.2. The number of halogens is 2. The fourth-order valence-corrected chi connectivity index (χ4v) is 2.74. The Balaban J connectivity index is 2.43. The van der Waals surface area contributed by atoms with Crippen molar-refractivity contribution in [3.63, 3.8) is 0 Å². The second kappa shape index (κ2) is 6.98. The fourth-order valence-electron chi connectivity index (χ4n) is 2.17. The van der Waals surface area contributed by atoms with Gasteiger partial charge in [-0.25, -0.2) is 0 Å². The van der Waals surface area contributed by atoms with Crippen molar-refractivity contribution < 1.29 is 9.53 Å². The quantitative estimate of drug-likeness (QED) is 0.817. The Morgan fingerprint density at radius 3 is 2.52 bits per heavy atom. The summed E-state index contributed by atoms with van der Waals surface area (Å²) < 4.78 is 5.20. The van der Waals surface area contributed by atoms with Gasteiger partial charge in [-0.2, -0.15) is 0 Å². The normalized spacial score (nSPS) is 10.3. The molecule has 5 nitrogen and oxygen atoms in total. The molecule has 7 heteroatoms. The summed E-state index contributed by atoms with van der Waals surface area (Å²) in [6, 6.07) is 8.30. The Kier molecular flexibility index (Phi) is 5.23. The highest BCUT2D eigenvalue weighted by molar-refractivity contribution is 6.36. The van der Waals surface area contributed by atoms with Gasteiger partial charge in [0.15, 0.2) is 0 Å². The van der Waals surface area contributed by atoms with Crippen LogP contribution < -0.4 is 20.7 Å². The Labute approximate surface area is 144 Å². The second-order valence-corrected chi connectivity index (χ2v) is 5.94. The van der Waals surface area contributed by atoms with Crippen LogP contribution in [0.25, 0.3) is 0 Å². The van der Waals surface area contributed by atoms with Crippen molar-refractivity contribution in [2.45, 2.75) is 0 Å². The predicted molar refractivity (Wildman–Crippen MR) is 96.1 cm³/mol. The molecule has 0 saturated carbocycles. The van der Waals surface area contributed by atoms with E-state index in [9.17, 15) is 4.79 Å². The van der Waals surface area contributed by atoms with Gasteiger partial charge in [-0.15, -0.1) is 0 Å². The lowest BCUT2D eigenvalue weighted by Crippen LogP contribution is -2.17. The number of rotatable bonds is 4. The molecule has 2 aromatic rings. The van der Waals surface area contributed by atoms with Crippen LogP contribution in [-0.4, -0.2) is 27.1 Å². The summed E-state index contributed by atoms with van der Waals surface area (Å²) >= 11 is 12.1. The monoisotopic (exact) mass is 353 g/mol. The number of nitrogens with two attached hydrogens (primary N) is 1. The van der Waals surface area contributed by atoms with E-state index >= 15 is 0 Å². The van der Waals surface area contributed by atoms with E-state index in [1.54, 1.807) is 12.1 Å². The Bertz CT molecular complexity index is 748. The summed E-state index contributed by atoms with van der Waals surface area (Å²) in [7, 11) is 5.19. The predicted octanol–water partition coefficient (Wildman–Crippen LogP) is 3.90.